The standard InChI is InChI=1S/C13H25NO/c1-9(2)11-4-5-12(15)13(6-11)8-14-7-10(13)3/h9-12,14-15H,4-8H2,1-3H3. The van der Waals surface area contributed by atoms with Crippen LogP contribution in [0.1, 0.15) is 40.0 Å². The fourth-order valence-corrected chi connectivity index (χ4v) is 3.57. The normalized spacial score (nSPS) is 46.6. The van der Waals surface area contributed by atoms with Gasteiger partial charge >= 0.3 is 0 Å². The molecule has 88 valence electrons. The Labute approximate surface area is 93.5 Å². The SMILES string of the molecule is CC(C)C1CCC(O)C2(CNCC2C)C1. The average Bonchev–Trinajstić information content (AvgIpc) is 2.54. The number of hydrogen-bond donors (Lipinski definition) is 2. The Morgan fingerprint density at radius 2 is 2.07 bits per heavy atom. The van der Waals surface area contributed by atoms with E-state index in [1.807, 2.05) is 0 Å². The van der Waals surface area contributed by atoms with Gasteiger partial charge in [0.15, 0.2) is 0 Å². The molecule has 0 bridgehead atoms. The minimum atomic E-state index is -0.0718. The molecule has 4 atom stereocenters. The van der Waals surface area contributed by atoms with Gasteiger partial charge in [0, 0.05) is 12.0 Å². The Kier molecular flexibility index (Phi) is 3.09. The van der Waals surface area contributed by atoms with E-state index < -0.39 is 0 Å². The number of aliphatic hydroxyl groups is 1. The predicted octanol–water partition coefficient (Wildman–Crippen LogP) is 2.03. The first-order valence-electron chi connectivity index (χ1n) is 6.45. The molecule has 15 heavy (non-hydrogen) atoms. The van der Waals surface area contributed by atoms with Gasteiger partial charge in [-0.1, -0.05) is 20.8 Å². The average molecular weight is 211 g/mol. The summed E-state index contributed by atoms with van der Waals surface area (Å²) in [6.07, 6.45) is 3.37. The molecule has 1 saturated heterocycles. The molecule has 1 saturated carbocycles. The lowest BCUT2D eigenvalue weighted by Crippen LogP contribution is -2.47. The molecule has 0 amide bonds. The highest BCUT2D eigenvalue weighted by Crippen LogP contribution is 2.48. The maximum absolute atomic E-state index is 10.3. The van der Waals surface area contributed by atoms with E-state index in [9.17, 15) is 5.11 Å². The smallest absolute Gasteiger partial charge is 0.0611 e. The second-order valence-electron chi connectivity index (χ2n) is 6.07. The van der Waals surface area contributed by atoms with Gasteiger partial charge in [0.1, 0.15) is 0 Å². The predicted molar refractivity (Wildman–Crippen MR) is 62.7 cm³/mol. The van der Waals surface area contributed by atoms with Gasteiger partial charge in [-0.2, -0.15) is 0 Å². The third-order valence-corrected chi connectivity index (χ3v) is 4.95. The van der Waals surface area contributed by atoms with Gasteiger partial charge in [-0.05, 0) is 43.6 Å². The van der Waals surface area contributed by atoms with Gasteiger partial charge in [0.05, 0.1) is 6.10 Å². The van der Waals surface area contributed by atoms with E-state index in [2.05, 4.69) is 26.1 Å². The maximum Gasteiger partial charge on any atom is 0.0611 e. The molecule has 2 rings (SSSR count). The van der Waals surface area contributed by atoms with Crippen molar-refractivity contribution in [2.24, 2.45) is 23.2 Å². The lowest BCUT2D eigenvalue weighted by Gasteiger charge is -2.45. The summed E-state index contributed by atoms with van der Waals surface area (Å²) in [5.41, 5.74) is 0.188. The number of hydrogen-bond acceptors (Lipinski definition) is 2. The van der Waals surface area contributed by atoms with Crippen LogP contribution in [0.15, 0.2) is 0 Å². The van der Waals surface area contributed by atoms with Crippen LogP contribution in [0, 0.1) is 23.2 Å². The second kappa shape index (κ2) is 4.06. The van der Waals surface area contributed by atoms with Crippen molar-refractivity contribution in [3.63, 3.8) is 0 Å². The third-order valence-electron chi connectivity index (χ3n) is 4.95. The second-order valence-corrected chi connectivity index (χ2v) is 6.07. The van der Waals surface area contributed by atoms with Gasteiger partial charge in [0.25, 0.3) is 0 Å². The highest BCUT2D eigenvalue weighted by Gasteiger charge is 2.49. The van der Waals surface area contributed by atoms with Crippen LogP contribution >= 0.6 is 0 Å². The Hall–Kier alpha value is -0.0800. The minimum Gasteiger partial charge on any atom is -0.392 e. The zero-order valence-corrected chi connectivity index (χ0v) is 10.3. The van der Waals surface area contributed by atoms with Crippen LogP contribution in [0.5, 0.6) is 0 Å². The molecule has 0 aromatic rings. The first kappa shape index (κ1) is 11.4. The van der Waals surface area contributed by atoms with Crippen LogP contribution < -0.4 is 5.32 Å². The summed E-state index contributed by atoms with van der Waals surface area (Å²) in [5, 5.41) is 13.8. The summed E-state index contributed by atoms with van der Waals surface area (Å²) in [7, 11) is 0. The fraction of sp³-hybridized carbons (Fsp3) is 1.00. The van der Waals surface area contributed by atoms with E-state index in [1.54, 1.807) is 0 Å². The Morgan fingerprint density at radius 1 is 1.33 bits per heavy atom. The number of nitrogens with one attached hydrogen (secondary N) is 1. The molecular formula is C13H25NO. The van der Waals surface area contributed by atoms with Crippen LogP contribution in [0.4, 0.5) is 0 Å². The zero-order chi connectivity index (χ0) is 11.1. The minimum absolute atomic E-state index is 0.0718. The highest BCUT2D eigenvalue weighted by atomic mass is 16.3. The monoisotopic (exact) mass is 211 g/mol. The maximum atomic E-state index is 10.3. The quantitative estimate of drug-likeness (QED) is 0.695. The summed E-state index contributed by atoms with van der Waals surface area (Å²) in [5.74, 6) is 2.21. The summed E-state index contributed by atoms with van der Waals surface area (Å²) in [6, 6.07) is 0. The Bertz CT molecular complexity index is 229. The van der Waals surface area contributed by atoms with E-state index in [-0.39, 0.29) is 11.5 Å². The first-order valence-corrected chi connectivity index (χ1v) is 6.45. The molecule has 1 spiro atoms. The van der Waals surface area contributed by atoms with Crippen molar-refractivity contribution in [1.82, 2.24) is 5.32 Å². The first-order chi connectivity index (χ1) is 7.06. The van der Waals surface area contributed by atoms with Crippen molar-refractivity contribution < 1.29 is 5.11 Å². The zero-order valence-electron chi connectivity index (χ0n) is 10.3. The van der Waals surface area contributed by atoms with Crippen molar-refractivity contribution in [3.8, 4) is 0 Å². The van der Waals surface area contributed by atoms with E-state index in [0.717, 1.165) is 31.3 Å². The van der Waals surface area contributed by atoms with Crippen molar-refractivity contribution in [2.45, 2.75) is 46.1 Å². The van der Waals surface area contributed by atoms with Crippen molar-refractivity contribution in [1.29, 1.82) is 0 Å². The van der Waals surface area contributed by atoms with Crippen molar-refractivity contribution in [2.75, 3.05) is 13.1 Å². The molecule has 2 aliphatic rings. The molecule has 1 aliphatic carbocycles. The van der Waals surface area contributed by atoms with E-state index >= 15 is 0 Å². The molecule has 1 aliphatic heterocycles. The van der Waals surface area contributed by atoms with Crippen LogP contribution in [0.2, 0.25) is 0 Å². The van der Waals surface area contributed by atoms with Crippen LogP contribution in [-0.2, 0) is 0 Å². The lowest BCUT2D eigenvalue weighted by atomic mass is 9.61. The third kappa shape index (κ3) is 1.83. The van der Waals surface area contributed by atoms with Crippen LogP contribution in [0.3, 0.4) is 0 Å². The van der Waals surface area contributed by atoms with Crippen molar-refractivity contribution in [3.05, 3.63) is 0 Å². The molecule has 4 unspecified atom stereocenters. The van der Waals surface area contributed by atoms with Crippen LogP contribution in [-0.4, -0.2) is 24.3 Å². The van der Waals surface area contributed by atoms with E-state index in [0.29, 0.717) is 5.92 Å². The lowest BCUT2D eigenvalue weighted by molar-refractivity contribution is -0.0496. The van der Waals surface area contributed by atoms with Crippen LogP contribution in [0.25, 0.3) is 0 Å². The van der Waals surface area contributed by atoms with E-state index in [4.69, 9.17) is 0 Å². The number of rotatable bonds is 1. The molecule has 2 N–H and O–H groups in total. The highest BCUT2D eigenvalue weighted by molar-refractivity contribution is 5.01. The number of aliphatic hydroxyl groups excluding tert-OH is 1. The van der Waals surface area contributed by atoms with E-state index in [1.165, 1.54) is 12.8 Å². The molecule has 1 heterocycles. The molecule has 0 aromatic heterocycles. The molecule has 0 radical (unpaired) electrons. The fourth-order valence-electron chi connectivity index (χ4n) is 3.57. The largest absolute Gasteiger partial charge is 0.392 e. The van der Waals surface area contributed by atoms with Gasteiger partial charge in [-0.25, -0.2) is 0 Å². The molecule has 0 aromatic carbocycles. The Balaban J connectivity index is 2.14. The van der Waals surface area contributed by atoms with Gasteiger partial charge in [-0.15, -0.1) is 0 Å². The topological polar surface area (TPSA) is 32.3 Å². The summed E-state index contributed by atoms with van der Waals surface area (Å²) in [6.45, 7) is 9.05. The molecule has 2 nitrogen and oxygen atoms in total. The Morgan fingerprint density at radius 3 is 2.60 bits per heavy atom. The van der Waals surface area contributed by atoms with Crippen molar-refractivity contribution >= 4 is 0 Å². The summed E-state index contributed by atoms with van der Waals surface area (Å²) in [4.78, 5) is 0. The van der Waals surface area contributed by atoms with Gasteiger partial charge in [0.2, 0.25) is 0 Å². The van der Waals surface area contributed by atoms with Gasteiger partial charge < -0.3 is 10.4 Å². The summed E-state index contributed by atoms with van der Waals surface area (Å²) >= 11 is 0. The van der Waals surface area contributed by atoms with Gasteiger partial charge in [-0.3, -0.25) is 0 Å². The molecule has 2 heteroatoms. The summed E-state index contributed by atoms with van der Waals surface area (Å²) < 4.78 is 0. The molecular weight excluding hydrogens is 186 g/mol. The molecule has 2 fully saturated rings.